The van der Waals surface area contributed by atoms with Gasteiger partial charge in [0, 0.05) is 24.6 Å². The fraction of sp³-hybridized carbons (Fsp3) is 0.467. The van der Waals surface area contributed by atoms with Gasteiger partial charge in [0.2, 0.25) is 0 Å². The number of amides is 1. The van der Waals surface area contributed by atoms with Crippen LogP contribution in [0.1, 0.15) is 16.7 Å². The normalized spacial score (nSPS) is 16.5. The number of hydrogen-bond donors (Lipinski definition) is 1. The van der Waals surface area contributed by atoms with Crippen molar-refractivity contribution < 1.29 is 4.79 Å². The lowest BCUT2D eigenvalue weighted by atomic mass is 10.1. The van der Waals surface area contributed by atoms with Gasteiger partial charge in [-0.3, -0.25) is 9.69 Å². The highest BCUT2D eigenvalue weighted by molar-refractivity contribution is 7.99. The quantitative estimate of drug-likeness (QED) is 0.679. The standard InChI is InChI=1S/C15H21N3OS/c1-12-3-4-13(2)14(9-12)10-16-17-15(19)11-18-5-7-20-8-6-18/h3-4,9-10H,5-8,11H2,1-2H3,(H,17,19)/b16-10+. The number of benzene rings is 1. The molecule has 1 aromatic rings. The van der Waals surface area contributed by atoms with E-state index in [0.29, 0.717) is 6.54 Å². The van der Waals surface area contributed by atoms with Crippen LogP contribution in [0.2, 0.25) is 0 Å². The molecule has 108 valence electrons. The average Bonchev–Trinajstić information content (AvgIpc) is 2.44. The van der Waals surface area contributed by atoms with Crippen LogP contribution in [-0.4, -0.2) is 48.2 Å². The molecule has 0 bridgehead atoms. The van der Waals surface area contributed by atoms with Gasteiger partial charge in [-0.05, 0) is 25.0 Å². The first-order valence-corrected chi connectivity index (χ1v) is 8.00. The molecular formula is C15H21N3OS. The van der Waals surface area contributed by atoms with E-state index in [1.54, 1.807) is 6.21 Å². The number of aryl methyl sites for hydroxylation is 2. The highest BCUT2D eigenvalue weighted by Gasteiger charge is 2.13. The summed E-state index contributed by atoms with van der Waals surface area (Å²) in [5.74, 6) is 2.18. The summed E-state index contributed by atoms with van der Waals surface area (Å²) in [6.07, 6.45) is 1.71. The second-order valence-corrected chi connectivity index (χ2v) is 6.27. The summed E-state index contributed by atoms with van der Waals surface area (Å²) in [4.78, 5) is 13.9. The molecule has 1 N–H and O–H groups in total. The maximum absolute atomic E-state index is 11.8. The minimum Gasteiger partial charge on any atom is -0.293 e. The zero-order chi connectivity index (χ0) is 14.4. The Balaban J connectivity index is 1.83. The molecule has 0 saturated carbocycles. The van der Waals surface area contributed by atoms with Gasteiger partial charge in [0.15, 0.2) is 0 Å². The van der Waals surface area contributed by atoms with E-state index in [1.165, 1.54) is 5.56 Å². The fourth-order valence-corrected chi connectivity index (χ4v) is 3.05. The lowest BCUT2D eigenvalue weighted by Gasteiger charge is -2.24. The van der Waals surface area contributed by atoms with Gasteiger partial charge in [0.05, 0.1) is 12.8 Å². The minimum absolute atomic E-state index is 0.0431. The third-order valence-corrected chi connectivity index (χ3v) is 4.24. The molecule has 4 nitrogen and oxygen atoms in total. The van der Waals surface area contributed by atoms with Crippen molar-refractivity contribution in [2.45, 2.75) is 13.8 Å². The predicted molar refractivity (Wildman–Crippen MR) is 85.4 cm³/mol. The van der Waals surface area contributed by atoms with Crippen LogP contribution >= 0.6 is 11.8 Å². The first kappa shape index (κ1) is 15.1. The third kappa shape index (κ3) is 4.65. The van der Waals surface area contributed by atoms with E-state index in [-0.39, 0.29) is 5.91 Å². The summed E-state index contributed by atoms with van der Waals surface area (Å²) in [6.45, 7) is 6.49. The Labute approximate surface area is 124 Å². The summed E-state index contributed by atoms with van der Waals surface area (Å²) in [6, 6.07) is 6.19. The number of rotatable bonds is 4. The second kappa shape index (κ2) is 7.45. The van der Waals surface area contributed by atoms with E-state index < -0.39 is 0 Å². The van der Waals surface area contributed by atoms with Crippen molar-refractivity contribution >= 4 is 23.9 Å². The molecule has 20 heavy (non-hydrogen) atoms. The van der Waals surface area contributed by atoms with Crippen molar-refractivity contribution in [2.24, 2.45) is 5.10 Å². The van der Waals surface area contributed by atoms with Crippen molar-refractivity contribution in [3.8, 4) is 0 Å². The molecule has 1 aliphatic heterocycles. The largest absolute Gasteiger partial charge is 0.293 e. The number of hydrazone groups is 1. The molecule has 2 rings (SSSR count). The SMILES string of the molecule is Cc1ccc(C)c(/C=N/NC(=O)CN2CCSCC2)c1. The van der Waals surface area contributed by atoms with Crippen LogP contribution in [-0.2, 0) is 4.79 Å². The van der Waals surface area contributed by atoms with Crippen molar-refractivity contribution in [3.63, 3.8) is 0 Å². The zero-order valence-corrected chi connectivity index (χ0v) is 12.9. The molecular weight excluding hydrogens is 270 g/mol. The number of carbonyl (C=O) groups excluding carboxylic acids is 1. The zero-order valence-electron chi connectivity index (χ0n) is 12.1. The number of thioether (sulfide) groups is 1. The van der Waals surface area contributed by atoms with Crippen LogP contribution in [0, 0.1) is 13.8 Å². The van der Waals surface area contributed by atoms with Crippen molar-refractivity contribution in [1.29, 1.82) is 0 Å². The first-order valence-electron chi connectivity index (χ1n) is 6.84. The molecule has 0 atom stereocenters. The lowest BCUT2D eigenvalue weighted by molar-refractivity contribution is -0.122. The third-order valence-electron chi connectivity index (χ3n) is 3.30. The van der Waals surface area contributed by atoms with Crippen molar-refractivity contribution in [1.82, 2.24) is 10.3 Å². The molecule has 0 unspecified atom stereocenters. The molecule has 1 saturated heterocycles. The van der Waals surface area contributed by atoms with E-state index >= 15 is 0 Å². The van der Waals surface area contributed by atoms with Gasteiger partial charge in [0.1, 0.15) is 0 Å². The van der Waals surface area contributed by atoms with E-state index in [9.17, 15) is 4.79 Å². The number of carbonyl (C=O) groups is 1. The van der Waals surface area contributed by atoms with Crippen LogP contribution in [0.3, 0.4) is 0 Å². The van der Waals surface area contributed by atoms with Gasteiger partial charge in [-0.1, -0.05) is 23.8 Å². The summed E-state index contributed by atoms with van der Waals surface area (Å²) < 4.78 is 0. The Morgan fingerprint density at radius 3 is 2.90 bits per heavy atom. The molecule has 5 heteroatoms. The smallest absolute Gasteiger partial charge is 0.254 e. The molecule has 1 fully saturated rings. The second-order valence-electron chi connectivity index (χ2n) is 5.04. The van der Waals surface area contributed by atoms with Gasteiger partial charge < -0.3 is 0 Å². The lowest BCUT2D eigenvalue weighted by Crippen LogP contribution is -2.40. The molecule has 0 radical (unpaired) electrons. The maximum atomic E-state index is 11.8. The Morgan fingerprint density at radius 1 is 1.40 bits per heavy atom. The van der Waals surface area contributed by atoms with E-state index in [0.717, 1.165) is 35.7 Å². The Hall–Kier alpha value is -1.33. The van der Waals surface area contributed by atoms with Crippen LogP contribution in [0.4, 0.5) is 0 Å². The topological polar surface area (TPSA) is 44.7 Å². The summed E-state index contributed by atoms with van der Waals surface area (Å²) in [5, 5.41) is 4.05. The van der Waals surface area contributed by atoms with Gasteiger partial charge in [-0.25, -0.2) is 5.43 Å². The van der Waals surface area contributed by atoms with Crippen LogP contribution in [0.5, 0.6) is 0 Å². The molecule has 0 spiro atoms. The van der Waals surface area contributed by atoms with Crippen LogP contribution in [0.25, 0.3) is 0 Å². The number of nitrogens with one attached hydrogen (secondary N) is 1. The Kier molecular flexibility index (Phi) is 5.61. The number of nitrogens with zero attached hydrogens (tertiary/aromatic N) is 2. The highest BCUT2D eigenvalue weighted by atomic mass is 32.2. The summed E-state index contributed by atoms with van der Waals surface area (Å²) in [7, 11) is 0. The molecule has 1 heterocycles. The molecule has 0 aliphatic carbocycles. The summed E-state index contributed by atoms with van der Waals surface area (Å²) >= 11 is 1.94. The van der Waals surface area contributed by atoms with E-state index in [4.69, 9.17) is 0 Å². The monoisotopic (exact) mass is 291 g/mol. The van der Waals surface area contributed by atoms with Crippen LogP contribution < -0.4 is 5.43 Å². The number of hydrogen-bond acceptors (Lipinski definition) is 4. The molecule has 1 aromatic carbocycles. The molecule has 1 aliphatic rings. The van der Waals surface area contributed by atoms with Crippen molar-refractivity contribution in [3.05, 3.63) is 34.9 Å². The van der Waals surface area contributed by atoms with E-state index in [2.05, 4.69) is 33.6 Å². The van der Waals surface area contributed by atoms with Gasteiger partial charge in [0.25, 0.3) is 5.91 Å². The maximum Gasteiger partial charge on any atom is 0.254 e. The van der Waals surface area contributed by atoms with Gasteiger partial charge >= 0.3 is 0 Å². The van der Waals surface area contributed by atoms with E-state index in [1.807, 2.05) is 25.6 Å². The Morgan fingerprint density at radius 2 is 2.15 bits per heavy atom. The molecule has 0 aromatic heterocycles. The van der Waals surface area contributed by atoms with Crippen LogP contribution in [0.15, 0.2) is 23.3 Å². The summed E-state index contributed by atoms with van der Waals surface area (Å²) in [5.41, 5.74) is 5.99. The molecule has 1 amide bonds. The van der Waals surface area contributed by atoms with Gasteiger partial charge in [-0.2, -0.15) is 16.9 Å². The average molecular weight is 291 g/mol. The Bertz CT molecular complexity index is 496. The fourth-order valence-electron chi connectivity index (χ4n) is 2.07. The first-order chi connectivity index (χ1) is 9.65. The predicted octanol–water partition coefficient (Wildman–Crippen LogP) is 1.80. The highest BCUT2D eigenvalue weighted by Crippen LogP contribution is 2.09. The van der Waals surface area contributed by atoms with Gasteiger partial charge in [-0.15, -0.1) is 0 Å². The van der Waals surface area contributed by atoms with Crippen molar-refractivity contribution in [2.75, 3.05) is 31.1 Å². The minimum atomic E-state index is -0.0431.